The number of benzene rings is 1. The maximum Gasteiger partial charge on any atom is 0.246 e. The highest BCUT2D eigenvalue weighted by atomic mass is 16.2. The van der Waals surface area contributed by atoms with Gasteiger partial charge in [-0.1, -0.05) is 30.3 Å². The second-order valence-electron chi connectivity index (χ2n) is 6.76. The first-order chi connectivity index (χ1) is 13.3. The molecule has 2 aromatic rings. The van der Waals surface area contributed by atoms with Gasteiger partial charge in [-0.05, 0) is 24.5 Å². The Balaban J connectivity index is 1.41. The van der Waals surface area contributed by atoms with Crippen LogP contribution in [-0.4, -0.2) is 40.2 Å². The first kappa shape index (κ1) is 17.2. The zero-order chi connectivity index (χ0) is 18.6. The van der Waals surface area contributed by atoms with E-state index < -0.39 is 0 Å². The molecule has 2 aliphatic heterocycles. The average Bonchev–Trinajstić information content (AvgIpc) is 3.24. The second kappa shape index (κ2) is 7.54. The zero-order valence-corrected chi connectivity index (χ0v) is 14.9. The van der Waals surface area contributed by atoms with Gasteiger partial charge in [0.15, 0.2) is 0 Å². The Bertz CT molecular complexity index is 883. The normalized spacial score (nSPS) is 19.9. The van der Waals surface area contributed by atoms with E-state index in [1.807, 2.05) is 47.5 Å². The van der Waals surface area contributed by atoms with E-state index in [0.29, 0.717) is 24.7 Å². The van der Waals surface area contributed by atoms with Gasteiger partial charge in [-0.3, -0.25) is 4.79 Å². The molecular formula is C20H20N6O. The fourth-order valence-electron chi connectivity index (χ4n) is 3.65. The molecule has 0 bridgehead atoms. The second-order valence-corrected chi connectivity index (χ2v) is 6.76. The molecule has 0 N–H and O–H groups in total. The summed E-state index contributed by atoms with van der Waals surface area (Å²) in [6.07, 6.45) is 5.63. The summed E-state index contributed by atoms with van der Waals surface area (Å²) < 4.78 is 0. The van der Waals surface area contributed by atoms with Gasteiger partial charge in [0.2, 0.25) is 11.9 Å². The van der Waals surface area contributed by atoms with Gasteiger partial charge in [0, 0.05) is 37.8 Å². The number of hydrogen-bond donors (Lipinski definition) is 0. The van der Waals surface area contributed by atoms with Crippen molar-refractivity contribution in [3.05, 3.63) is 53.9 Å². The van der Waals surface area contributed by atoms with Gasteiger partial charge in [-0.15, -0.1) is 0 Å². The van der Waals surface area contributed by atoms with Crippen LogP contribution in [0.2, 0.25) is 0 Å². The van der Waals surface area contributed by atoms with E-state index in [4.69, 9.17) is 5.26 Å². The first-order valence-electron chi connectivity index (χ1n) is 9.15. The molecule has 4 rings (SSSR count). The van der Waals surface area contributed by atoms with Crippen LogP contribution in [0.15, 0.2) is 47.7 Å². The third-order valence-corrected chi connectivity index (χ3v) is 5.12. The lowest BCUT2D eigenvalue weighted by Crippen LogP contribution is -2.41. The van der Waals surface area contributed by atoms with E-state index in [1.54, 1.807) is 17.3 Å². The topological polar surface area (TPSA) is 85.5 Å². The van der Waals surface area contributed by atoms with Gasteiger partial charge in [-0.2, -0.15) is 10.4 Å². The molecule has 1 aromatic carbocycles. The number of anilines is 1. The Morgan fingerprint density at radius 2 is 1.93 bits per heavy atom. The molecule has 1 aromatic heterocycles. The summed E-state index contributed by atoms with van der Waals surface area (Å²) in [5.41, 5.74) is 1.47. The Morgan fingerprint density at radius 1 is 1.15 bits per heavy atom. The maximum atomic E-state index is 13.0. The fraction of sp³-hybridized carbons (Fsp3) is 0.350. The van der Waals surface area contributed by atoms with E-state index in [1.165, 1.54) is 0 Å². The summed E-state index contributed by atoms with van der Waals surface area (Å²) in [5.74, 6) is 0.590. The van der Waals surface area contributed by atoms with Crippen molar-refractivity contribution in [2.75, 3.05) is 18.0 Å². The quantitative estimate of drug-likeness (QED) is 0.839. The van der Waals surface area contributed by atoms with Gasteiger partial charge in [-0.25, -0.2) is 15.0 Å². The number of hydrogen-bond acceptors (Lipinski definition) is 6. The number of hydrazone groups is 1. The maximum absolute atomic E-state index is 13.0. The molecule has 7 heteroatoms. The number of aromatic nitrogens is 2. The van der Waals surface area contributed by atoms with Crippen molar-refractivity contribution < 1.29 is 4.79 Å². The van der Waals surface area contributed by atoms with Crippen LogP contribution in [0, 0.1) is 17.2 Å². The van der Waals surface area contributed by atoms with Crippen LogP contribution in [-0.2, 0) is 4.79 Å². The van der Waals surface area contributed by atoms with Crippen LogP contribution in [0.4, 0.5) is 5.95 Å². The van der Waals surface area contributed by atoms with Crippen molar-refractivity contribution in [2.45, 2.75) is 25.3 Å². The summed E-state index contributed by atoms with van der Waals surface area (Å²) >= 11 is 0. The molecule has 7 nitrogen and oxygen atoms in total. The molecule has 0 aliphatic carbocycles. The van der Waals surface area contributed by atoms with Crippen LogP contribution in [0.25, 0.3) is 0 Å². The SMILES string of the molecule is N#Cc1ccnc(N2CCC(C(=O)N3N=CC[C@H]3c3ccccc3)CC2)n1. The predicted molar refractivity (Wildman–Crippen MR) is 101 cm³/mol. The average molecular weight is 360 g/mol. The zero-order valence-electron chi connectivity index (χ0n) is 14.9. The Hall–Kier alpha value is -3.27. The predicted octanol–water partition coefficient (Wildman–Crippen LogP) is 2.52. The fourth-order valence-corrected chi connectivity index (χ4v) is 3.65. The van der Waals surface area contributed by atoms with E-state index in [0.717, 1.165) is 24.8 Å². The van der Waals surface area contributed by atoms with Crippen LogP contribution in [0.1, 0.15) is 36.6 Å². The summed E-state index contributed by atoms with van der Waals surface area (Å²) in [6, 6.07) is 13.7. The lowest BCUT2D eigenvalue weighted by Gasteiger charge is -2.33. The van der Waals surface area contributed by atoms with Crippen molar-refractivity contribution in [1.29, 1.82) is 5.26 Å². The molecule has 0 spiro atoms. The number of carbonyl (C=O) groups is 1. The highest BCUT2D eigenvalue weighted by Gasteiger charge is 2.35. The lowest BCUT2D eigenvalue weighted by atomic mass is 9.94. The molecule has 3 heterocycles. The van der Waals surface area contributed by atoms with Crippen molar-refractivity contribution in [3.8, 4) is 6.07 Å². The Kier molecular flexibility index (Phi) is 4.79. The van der Waals surface area contributed by atoms with Crippen molar-refractivity contribution in [1.82, 2.24) is 15.0 Å². The van der Waals surface area contributed by atoms with Gasteiger partial charge < -0.3 is 4.90 Å². The van der Waals surface area contributed by atoms with Crippen LogP contribution in [0.3, 0.4) is 0 Å². The third-order valence-electron chi connectivity index (χ3n) is 5.12. The minimum Gasteiger partial charge on any atom is -0.341 e. The molecule has 2 aliphatic rings. The van der Waals surface area contributed by atoms with Crippen LogP contribution >= 0.6 is 0 Å². The summed E-state index contributed by atoms with van der Waals surface area (Å²) in [4.78, 5) is 23.6. The summed E-state index contributed by atoms with van der Waals surface area (Å²) in [7, 11) is 0. The first-order valence-corrected chi connectivity index (χ1v) is 9.15. The standard InChI is InChI=1S/C20H20N6O/c21-14-17-6-10-22-20(24-17)25-12-8-16(9-13-25)19(27)26-18(7-11-23-26)15-4-2-1-3-5-15/h1-6,10-11,16,18H,7-9,12-13H2/t18-/m0/s1. The van der Waals surface area contributed by atoms with E-state index in [9.17, 15) is 4.79 Å². The summed E-state index contributed by atoms with van der Waals surface area (Å²) in [5, 5.41) is 15.0. The summed E-state index contributed by atoms with van der Waals surface area (Å²) in [6.45, 7) is 1.39. The molecule has 27 heavy (non-hydrogen) atoms. The van der Waals surface area contributed by atoms with Gasteiger partial charge >= 0.3 is 0 Å². The number of piperidine rings is 1. The van der Waals surface area contributed by atoms with E-state index >= 15 is 0 Å². The number of carbonyl (C=O) groups excluding carboxylic acids is 1. The number of amides is 1. The van der Waals surface area contributed by atoms with Crippen molar-refractivity contribution in [2.24, 2.45) is 11.0 Å². The molecule has 1 fully saturated rings. The molecule has 1 saturated heterocycles. The number of rotatable bonds is 3. The highest BCUT2D eigenvalue weighted by Crippen LogP contribution is 2.32. The van der Waals surface area contributed by atoms with Crippen LogP contribution in [0.5, 0.6) is 0 Å². The van der Waals surface area contributed by atoms with E-state index in [2.05, 4.69) is 15.1 Å². The molecule has 1 atom stereocenters. The van der Waals surface area contributed by atoms with Gasteiger partial charge in [0.25, 0.3) is 0 Å². The Morgan fingerprint density at radius 3 is 2.67 bits per heavy atom. The smallest absolute Gasteiger partial charge is 0.246 e. The minimum absolute atomic E-state index is 0.00706. The van der Waals surface area contributed by atoms with Crippen molar-refractivity contribution in [3.63, 3.8) is 0 Å². The monoisotopic (exact) mass is 360 g/mol. The largest absolute Gasteiger partial charge is 0.341 e. The molecular weight excluding hydrogens is 340 g/mol. The number of nitrogens with zero attached hydrogens (tertiary/aromatic N) is 6. The minimum atomic E-state index is -0.0538. The number of nitriles is 1. The molecule has 136 valence electrons. The highest BCUT2D eigenvalue weighted by molar-refractivity contribution is 5.82. The van der Waals surface area contributed by atoms with Gasteiger partial charge in [0.05, 0.1) is 6.04 Å². The molecule has 1 amide bonds. The third kappa shape index (κ3) is 3.51. The Labute approximate surface area is 158 Å². The van der Waals surface area contributed by atoms with Crippen LogP contribution < -0.4 is 4.90 Å². The lowest BCUT2D eigenvalue weighted by molar-refractivity contribution is -0.138. The molecule has 0 radical (unpaired) electrons. The van der Waals surface area contributed by atoms with E-state index in [-0.39, 0.29) is 17.9 Å². The van der Waals surface area contributed by atoms with Gasteiger partial charge in [0.1, 0.15) is 11.8 Å². The van der Waals surface area contributed by atoms with Crippen molar-refractivity contribution >= 4 is 18.1 Å². The molecule has 0 unspecified atom stereocenters. The molecule has 0 saturated carbocycles.